The number of nitrogens with two attached hydrogens (primary N) is 1. The third-order valence-electron chi connectivity index (χ3n) is 2.43. The first kappa shape index (κ1) is 16.7. The lowest BCUT2D eigenvalue weighted by atomic mass is 9.99. The van der Waals surface area contributed by atoms with Gasteiger partial charge >= 0.3 is 6.18 Å². The van der Waals surface area contributed by atoms with Crippen LogP contribution in [-0.2, 0) is 10.0 Å². The Labute approximate surface area is 99.8 Å². The van der Waals surface area contributed by atoms with Crippen LogP contribution < -0.4 is 10.5 Å². The molecular formula is C9H19F3N2O2S. The van der Waals surface area contributed by atoms with Crippen molar-refractivity contribution in [2.45, 2.75) is 51.4 Å². The van der Waals surface area contributed by atoms with Gasteiger partial charge in [-0.3, -0.25) is 0 Å². The largest absolute Gasteiger partial charge is 0.389 e. The second-order valence-electron chi connectivity index (χ2n) is 4.65. The maximum Gasteiger partial charge on any atom is 0.389 e. The number of rotatable bonds is 6. The zero-order valence-electron chi connectivity index (χ0n) is 10.1. The van der Waals surface area contributed by atoms with E-state index in [0.29, 0.717) is 0 Å². The Morgan fingerprint density at radius 2 is 1.76 bits per heavy atom. The van der Waals surface area contributed by atoms with Crippen LogP contribution in [0.25, 0.3) is 0 Å². The second-order valence-corrected chi connectivity index (χ2v) is 6.49. The van der Waals surface area contributed by atoms with Crippen LogP contribution in [0, 0.1) is 0 Å². The molecule has 4 nitrogen and oxygen atoms in total. The molecule has 0 aliphatic carbocycles. The van der Waals surface area contributed by atoms with Gasteiger partial charge in [-0.2, -0.15) is 13.2 Å². The van der Waals surface area contributed by atoms with E-state index in [1.165, 1.54) is 0 Å². The summed E-state index contributed by atoms with van der Waals surface area (Å²) in [6, 6.07) is -0.445. The lowest BCUT2D eigenvalue weighted by molar-refractivity contribution is -0.134. The van der Waals surface area contributed by atoms with Crippen molar-refractivity contribution in [2.24, 2.45) is 5.73 Å². The van der Waals surface area contributed by atoms with Crippen molar-refractivity contribution < 1.29 is 21.6 Å². The van der Waals surface area contributed by atoms with Crippen LogP contribution >= 0.6 is 0 Å². The minimum atomic E-state index is -4.33. The third-order valence-corrected chi connectivity index (χ3v) is 4.09. The van der Waals surface area contributed by atoms with Crippen molar-refractivity contribution in [1.29, 1.82) is 0 Å². The Morgan fingerprint density at radius 1 is 1.29 bits per heavy atom. The van der Waals surface area contributed by atoms with E-state index in [4.69, 9.17) is 5.73 Å². The topological polar surface area (TPSA) is 72.2 Å². The van der Waals surface area contributed by atoms with Crippen molar-refractivity contribution in [3.05, 3.63) is 0 Å². The predicted octanol–water partition coefficient (Wildman–Crippen LogP) is 1.37. The summed E-state index contributed by atoms with van der Waals surface area (Å²) in [5, 5.41) is 0. The van der Waals surface area contributed by atoms with E-state index < -0.39 is 46.4 Å². The fraction of sp³-hybridized carbons (Fsp3) is 1.00. The lowest BCUT2D eigenvalue weighted by Crippen LogP contribution is -2.54. The van der Waals surface area contributed by atoms with Gasteiger partial charge in [0.25, 0.3) is 0 Å². The van der Waals surface area contributed by atoms with Gasteiger partial charge in [0.1, 0.15) is 0 Å². The molecule has 104 valence electrons. The molecule has 0 amide bonds. The minimum Gasteiger partial charge on any atom is -0.326 e. The molecule has 0 saturated carbocycles. The minimum absolute atomic E-state index is 0.445. The van der Waals surface area contributed by atoms with Gasteiger partial charge in [0.05, 0.1) is 5.75 Å². The van der Waals surface area contributed by atoms with Gasteiger partial charge in [0, 0.05) is 18.0 Å². The Hall–Kier alpha value is -0.340. The van der Waals surface area contributed by atoms with Gasteiger partial charge in [-0.25, -0.2) is 13.1 Å². The van der Waals surface area contributed by atoms with E-state index in [9.17, 15) is 21.6 Å². The van der Waals surface area contributed by atoms with E-state index in [2.05, 4.69) is 4.72 Å². The number of hydrogen-bond donors (Lipinski definition) is 2. The third kappa shape index (κ3) is 7.56. The summed E-state index contributed by atoms with van der Waals surface area (Å²) in [7, 11) is -3.74. The second kappa shape index (κ2) is 5.53. The van der Waals surface area contributed by atoms with E-state index in [0.717, 1.165) is 0 Å². The zero-order valence-corrected chi connectivity index (χ0v) is 11.0. The monoisotopic (exact) mass is 276 g/mol. The van der Waals surface area contributed by atoms with Crippen molar-refractivity contribution in [3.8, 4) is 0 Å². The highest BCUT2D eigenvalue weighted by Gasteiger charge is 2.30. The van der Waals surface area contributed by atoms with Crippen molar-refractivity contribution in [1.82, 2.24) is 4.72 Å². The summed E-state index contributed by atoms with van der Waals surface area (Å²) in [5.74, 6) is -0.553. The summed E-state index contributed by atoms with van der Waals surface area (Å²) in [6.07, 6.45) is -5.88. The zero-order chi connectivity index (χ0) is 13.9. The van der Waals surface area contributed by atoms with Crippen LogP contribution in [0.4, 0.5) is 13.2 Å². The van der Waals surface area contributed by atoms with Gasteiger partial charge in [-0.05, 0) is 27.2 Å². The van der Waals surface area contributed by atoms with Crippen LogP contribution in [0.15, 0.2) is 0 Å². The number of sulfonamides is 1. The number of alkyl halides is 3. The van der Waals surface area contributed by atoms with Crippen LogP contribution in [0.1, 0.15) is 33.6 Å². The fourth-order valence-electron chi connectivity index (χ4n) is 1.01. The molecule has 0 aromatic carbocycles. The molecule has 0 bridgehead atoms. The summed E-state index contributed by atoms with van der Waals surface area (Å²) in [4.78, 5) is 0. The molecule has 0 aromatic heterocycles. The van der Waals surface area contributed by atoms with Gasteiger partial charge in [0.15, 0.2) is 0 Å². The molecule has 0 fully saturated rings. The van der Waals surface area contributed by atoms with Gasteiger partial charge in [0.2, 0.25) is 10.0 Å². The first-order valence-corrected chi connectivity index (χ1v) is 6.85. The van der Waals surface area contributed by atoms with E-state index in [1.54, 1.807) is 20.8 Å². The summed E-state index contributed by atoms with van der Waals surface area (Å²) >= 11 is 0. The summed E-state index contributed by atoms with van der Waals surface area (Å²) < 4.78 is 60.9. The molecule has 0 spiro atoms. The lowest BCUT2D eigenvalue weighted by Gasteiger charge is -2.29. The molecule has 0 rings (SSSR count). The summed E-state index contributed by atoms with van der Waals surface area (Å²) in [5.41, 5.74) is 4.69. The first-order valence-electron chi connectivity index (χ1n) is 5.20. The van der Waals surface area contributed by atoms with Gasteiger partial charge < -0.3 is 5.73 Å². The molecule has 0 heterocycles. The van der Waals surface area contributed by atoms with Crippen LogP contribution in [0.5, 0.6) is 0 Å². The average molecular weight is 276 g/mol. The molecular weight excluding hydrogens is 257 g/mol. The molecule has 0 aromatic rings. The molecule has 0 aliphatic rings. The van der Waals surface area contributed by atoms with Crippen molar-refractivity contribution >= 4 is 10.0 Å². The molecule has 1 unspecified atom stereocenters. The van der Waals surface area contributed by atoms with Crippen LogP contribution in [-0.4, -0.2) is 31.9 Å². The standard InChI is InChI=1S/C9H19F3N2O2S/c1-7(13)8(2,3)14-17(15,16)6-4-5-9(10,11)12/h7,14H,4-6,13H2,1-3H3. The average Bonchev–Trinajstić information content (AvgIpc) is 1.97. The fourth-order valence-corrected chi connectivity index (χ4v) is 2.62. The highest BCUT2D eigenvalue weighted by atomic mass is 32.2. The maximum atomic E-state index is 11.9. The van der Waals surface area contributed by atoms with Gasteiger partial charge in [-0.15, -0.1) is 0 Å². The highest BCUT2D eigenvalue weighted by Crippen LogP contribution is 2.21. The first-order chi connectivity index (χ1) is 7.36. The quantitative estimate of drug-likeness (QED) is 0.769. The predicted molar refractivity (Wildman–Crippen MR) is 59.9 cm³/mol. The highest BCUT2D eigenvalue weighted by molar-refractivity contribution is 7.89. The molecule has 0 aliphatic heterocycles. The van der Waals surface area contributed by atoms with E-state index >= 15 is 0 Å². The van der Waals surface area contributed by atoms with E-state index in [1.807, 2.05) is 0 Å². The Bertz CT molecular complexity index is 337. The Balaban J connectivity index is 4.33. The number of hydrogen-bond acceptors (Lipinski definition) is 3. The van der Waals surface area contributed by atoms with Crippen molar-refractivity contribution in [2.75, 3.05) is 5.75 Å². The Morgan fingerprint density at radius 3 is 2.12 bits per heavy atom. The normalized spacial score (nSPS) is 15.9. The summed E-state index contributed by atoms with van der Waals surface area (Å²) in [6.45, 7) is 4.79. The smallest absolute Gasteiger partial charge is 0.326 e. The molecule has 3 N–H and O–H groups in total. The molecule has 1 atom stereocenters. The number of nitrogens with one attached hydrogen (secondary N) is 1. The number of halogens is 3. The van der Waals surface area contributed by atoms with Crippen LogP contribution in [0.2, 0.25) is 0 Å². The maximum absolute atomic E-state index is 11.9. The van der Waals surface area contributed by atoms with Gasteiger partial charge in [-0.1, -0.05) is 0 Å². The van der Waals surface area contributed by atoms with Crippen molar-refractivity contribution in [3.63, 3.8) is 0 Å². The molecule has 0 saturated heterocycles. The molecule has 0 radical (unpaired) electrons. The Kier molecular flexibility index (Phi) is 5.42. The van der Waals surface area contributed by atoms with Crippen LogP contribution in [0.3, 0.4) is 0 Å². The van der Waals surface area contributed by atoms with E-state index in [-0.39, 0.29) is 0 Å². The SMILES string of the molecule is CC(N)C(C)(C)NS(=O)(=O)CCCC(F)(F)F. The molecule has 8 heteroatoms. The molecule has 17 heavy (non-hydrogen) atoms.